The molecule has 0 spiro atoms. The van der Waals surface area contributed by atoms with Crippen LogP contribution in [0.15, 0.2) is 54.2 Å². The highest BCUT2D eigenvalue weighted by Gasteiger charge is 2.42. The minimum atomic E-state index is -0.390. The van der Waals surface area contributed by atoms with E-state index >= 15 is 0 Å². The minimum Gasteiger partial charge on any atom is -0.497 e. The van der Waals surface area contributed by atoms with Gasteiger partial charge in [0, 0.05) is 13.1 Å². The molecule has 0 atom stereocenters. The summed E-state index contributed by atoms with van der Waals surface area (Å²) in [5.41, 5.74) is 1.77. The monoisotopic (exact) mass is 366 g/mol. The number of carbonyl (C=O) groups is 2. The van der Waals surface area contributed by atoms with Gasteiger partial charge in [0.25, 0.3) is 11.8 Å². The second-order valence-corrected chi connectivity index (χ2v) is 6.57. The maximum atomic E-state index is 13.4. The molecular weight excluding hydrogens is 347 g/mol. The summed E-state index contributed by atoms with van der Waals surface area (Å²) in [6.45, 7) is 1.46. The lowest BCUT2D eigenvalue weighted by molar-refractivity contribution is -0.120. The predicted molar refractivity (Wildman–Crippen MR) is 99.6 cm³/mol. The SMILES string of the molecule is COc1ccc(N2C(=O)C(c3ccc(F)cc3)=C(N3CCCC3)C2=O)cc1. The summed E-state index contributed by atoms with van der Waals surface area (Å²) >= 11 is 0. The first-order valence-corrected chi connectivity index (χ1v) is 8.88. The van der Waals surface area contributed by atoms with Gasteiger partial charge in [0.05, 0.1) is 18.4 Å². The fraction of sp³-hybridized carbons (Fsp3) is 0.238. The molecule has 1 saturated heterocycles. The van der Waals surface area contributed by atoms with Crippen LogP contribution >= 0.6 is 0 Å². The Balaban J connectivity index is 1.79. The molecule has 5 nitrogen and oxygen atoms in total. The van der Waals surface area contributed by atoms with E-state index in [9.17, 15) is 14.0 Å². The number of ether oxygens (including phenoxy) is 1. The lowest BCUT2D eigenvalue weighted by Gasteiger charge is -2.20. The topological polar surface area (TPSA) is 49.9 Å². The average molecular weight is 366 g/mol. The van der Waals surface area contributed by atoms with Crippen molar-refractivity contribution in [2.24, 2.45) is 0 Å². The molecule has 27 heavy (non-hydrogen) atoms. The average Bonchev–Trinajstić information content (AvgIpc) is 3.29. The maximum absolute atomic E-state index is 13.4. The van der Waals surface area contributed by atoms with Crippen LogP contribution in [-0.4, -0.2) is 36.9 Å². The van der Waals surface area contributed by atoms with E-state index in [1.807, 2.05) is 4.90 Å². The zero-order valence-corrected chi connectivity index (χ0v) is 14.9. The highest BCUT2D eigenvalue weighted by molar-refractivity contribution is 6.45. The van der Waals surface area contributed by atoms with Crippen LogP contribution in [0.5, 0.6) is 5.75 Å². The Hall–Kier alpha value is -3.15. The number of rotatable bonds is 4. The number of likely N-dealkylation sites (tertiary alicyclic amines) is 1. The van der Waals surface area contributed by atoms with Crippen LogP contribution in [0.1, 0.15) is 18.4 Å². The van der Waals surface area contributed by atoms with Crippen LogP contribution in [-0.2, 0) is 9.59 Å². The van der Waals surface area contributed by atoms with Gasteiger partial charge in [0.2, 0.25) is 0 Å². The highest BCUT2D eigenvalue weighted by atomic mass is 19.1. The first-order chi connectivity index (χ1) is 13.1. The zero-order chi connectivity index (χ0) is 19.0. The lowest BCUT2D eigenvalue weighted by Crippen LogP contribution is -2.34. The molecule has 0 bridgehead atoms. The van der Waals surface area contributed by atoms with Crippen LogP contribution in [0.3, 0.4) is 0 Å². The number of hydrogen-bond donors (Lipinski definition) is 0. The van der Waals surface area contributed by atoms with Gasteiger partial charge >= 0.3 is 0 Å². The van der Waals surface area contributed by atoms with Gasteiger partial charge in [0.15, 0.2) is 0 Å². The largest absolute Gasteiger partial charge is 0.497 e. The normalized spacial score (nSPS) is 17.3. The van der Waals surface area contributed by atoms with E-state index in [2.05, 4.69) is 0 Å². The molecule has 0 unspecified atom stereocenters. The van der Waals surface area contributed by atoms with Crippen molar-refractivity contribution in [3.8, 4) is 5.75 Å². The minimum absolute atomic E-state index is 0.331. The van der Waals surface area contributed by atoms with Crippen LogP contribution < -0.4 is 9.64 Å². The van der Waals surface area contributed by atoms with Crippen LogP contribution in [0.4, 0.5) is 10.1 Å². The summed E-state index contributed by atoms with van der Waals surface area (Å²) in [6.07, 6.45) is 1.95. The van der Waals surface area contributed by atoms with Gasteiger partial charge in [0.1, 0.15) is 17.3 Å². The van der Waals surface area contributed by atoms with Gasteiger partial charge in [-0.05, 0) is 54.8 Å². The number of amides is 2. The molecule has 0 aliphatic carbocycles. The van der Waals surface area contributed by atoms with E-state index in [1.165, 1.54) is 17.0 Å². The van der Waals surface area contributed by atoms with Gasteiger partial charge < -0.3 is 9.64 Å². The number of halogens is 1. The van der Waals surface area contributed by atoms with Crippen LogP contribution in [0, 0.1) is 5.82 Å². The van der Waals surface area contributed by atoms with Gasteiger partial charge in [-0.2, -0.15) is 0 Å². The van der Waals surface area contributed by atoms with E-state index < -0.39 is 5.91 Å². The Kier molecular flexibility index (Phi) is 4.39. The Morgan fingerprint density at radius 2 is 1.52 bits per heavy atom. The summed E-state index contributed by atoms with van der Waals surface area (Å²) in [5.74, 6) is -0.472. The summed E-state index contributed by atoms with van der Waals surface area (Å²) in [7, 11) is 1.56. The van der Waals surface area contributed by atoms with Crippen molar-refractivity contribution < 1.29 is 18.7 Å². The molecule has 0 radical (unpaired) electrons. The molecule has 0 aromatic heterocycles. The quantitative estimate of drug-likeness (QED) is 0.780. The molecule has 1 fully saturated rings. The molecule has 2 aromatic rings. The highest BCUT2D eigenvalue weighted by Crippen LogP contribution is 2.36. The number of hydrogen-bond acceptors (Lipinski definition) is 4. The molecule has 4 rings (SSSR count). The third kappa shape index (κ3) is 2.97. The zero-order valence-electron chi connectivity index (χ0n) is 14.9. The van der Waals surface area contributed by atoms with Crippen molar-refractivity contribution in [1.29, 1.82) is 0 Å². The molecule has 2 amide bonds. The summed E-state index contributed by atoms with van der Waals surface area (Å²) in [5, 5.41) is 0. The maximum Gasteiger partial charge on any atom is 0.282 e. The fourth-order valence-corrected chi connectivity index (χ4v) is 3.59. The smallest absolute Gasteiger partial charge is 0.282 e. The molecule has 6 heteroatoms. The van der Waals surface area contributed by atoms with E-state index in [0.717, 1.165) is 25.9 Å². The lowest BCUT2D eigenvalue weighted by atomic mass is 10.0. The van der Waals surface area contributed by atoms with Crippen molar-refractivity contribution in [2.45, 2.75) is 12.8 Å². The van der Waals surface area contributed by atoms with Crippen LogP contribution in [0.2, 0.25) is 0 Å². The van der Waals surface area contributed by atoms with Crippen molar-refractivity contribution in [3.63, 3.8) is 0 Å². The van der Waals surface area contributed by atoms with Crippen LogP contribution in [0.25, 0.3) is 5.57 Å². The van der Waals surface area contributed by atoms with Crippen molar-refractivity contribution >= 4 is 23.1 Å². The first-order valence-electron chi connectivity index (χ1n) is 8.88. The van der Waals surface area contributed by atoms with E-state index in [0.29, 0.717) is 28.3 Å². The summed E-state index contributed by atoms with van der Waals surface area (Å²) < 4.78 is 18.5. The Labute approximate surface area is 156 Å². The van der Waals surface area contributed by atoms with Gasteiger partial charge in [-0.15, -0.1) is 0 Å². The van der Waals surface area contributed by atoms with Gasteiger partial charge in [-0.3, -0.25) is 9.59 Å². The number of imide groups is 1. The Bertz CT molecular complexity index is 913. The molecule has 2 heterocycles. The molecule has 2 aliphatic heterocycles. The second-order valence-electron chi connectivity index (χ2n) is 6.57. The molecule has 138 valence electrons. The summed E-state index contributed by atoms with van der Waals surface area (Å²) in [6, 6.07) is 12.5. The van der Waals surface area contributed by atoms with Crippen molar-refractivity contribution in [2.75, 3.05) is 25.1 Å². The van der Waals surface area contributed by atoms with E-state index in [-0.39, 0.29) is 11.7 Å². The first kappa shape index (κ1) is 17.3. The van der Waals surface area contributed by atoms with Gasteiger partial charge in [-0.25, -0.2) is 9.29 Å². The second kappa shape index (κ2) is 6.87. The number of carbonyl (C=O) groups excluding carboxylic acids is 2. The number of nitrogens with zero attached hydrogens (tertiary/aromatic N) is 2. The Morgan fingerprint density at radius 3 is 2.11 bits per heavy atom. The third-order valence-corrected chi connectivity index (χ3v) is 4.95. The molecule has 0 N–H and O–H groups in total. The van der Waals surface area contributed by atoms with Crippen molar-refractivity contribution in [1.82, 2.24) is 4.90 Å². The number of benzene rings is 2. The number of anilines is 1. The number of methoxy groups -OCH3 is 1. The Morgan fingerprint density at radius 1 is 0.889 bits per heavy atom. The van der Waals surface area contributed by atoms with Gasteiger partial charge in [-0.1, -0.05) is 12.1 Å². The molecule has 2 aliphatic rings. The van der Waals surface area contributed by atoms with E-state index in [1.54, 1.807) is 43.5 Å². The summed E-state index contributed by atoms with van der Waals surface area (Å²) in [4.78, 5) is 29.6. The predicted octanol–water partition coefficient (Wildman–Crippen LogP) is 3.21. The molecular formula is C21H19FN2O3. The standard InChI is InChI=1S/C21H19FN2O3/c1-27-17-10-8-16(9-11-17)24-20(25)18(14-4-6-15(22)7-5-14)19(21(24)26)23-12-2-3-13-23/h4-11H,2-3,12-13H2,1H3. The fourth-order valence-electron chi connectivity index (χ4n) is 3.59. The molecule has 0 saturated carbocycles. The van der Waals surface area contributed by atoms with E-state index in [4.69, 9.17) is 4.74 Å². The molecule has 2 aromatic carbocycles. The van der Waals surface area contributed by atoms with Crippen molar-refractivity contribution in [3.05, 3.63) is 65.6 Å². The third-order valence-electron chi connectivity index (χ3n) is 4.95.